The summed E-state index contributed by atoms with van der Waals surface area (Å²) in [5, 5.41) is 31.2. The van der Waals surface area contributed by atoms with Gasteiger partial charge in [-0.3, -0.25) is 43.6 Å². The number of aromatic hydroxyl groups is 1. The van der Waals surface area contributed by atoms with Crippen LogP contribution in [-0.4, -0.2) is 169 Å². The number of aryl methyl sites for hydroxylation is 4. The number of morpholine rings is 1. The zero-order valence-corrected chi connectivity index (χ0v) is 84.6. The molecule has 748 valence electrons. The Bertz CT molecular complexity index is 5580. The highest BCUT2D eigenvalue weighted by atomic mass is 16.7. The standard InChI is InChI=1S/C15H15NO.C13H19NO.C11H11NO2.C11H13N.C10H12O2.C9H11NO.C9H10O2.C8H9NO2.C8H17N.C8H11N.C7H8N2O.C7H15NO/c1-12(13-8-4-2-5-9-13)15(17)16-14-10-6-3-7-11-14;1-10(2)9-14-13(15)11(3)12-7-5-4-6-8-12;1-7(11(13)14)9-6-12-10-5-3-2-4-8(9)10;1-2-5-9-8-12-11-7-4-3-6-10(9)11;1-2-8-3-4-9-10(7-8)12-6-5-11-9;1-7(9(10)11)8-5-3-2-4-6-8;1-2-7-4-3-5-8-9(7)11-6-10-8;1-9-8(11)6-4-2-3-5-7(6)10;1-2-6-9-7-4-3-5-8-9;1-2-5-8-6-3-4-7-9-8;1-8-7(10)6-2-4-9-5-3-6;1-2-3-8-4-6-9-7-5-8/h2-12H,1H3,(H,16,17);4-8,10-11H,9H2,1-3H3,(H,14,15);2-7,12H,1H3,(H,13,14);3-4,6-8,12H,2,5H2,1H3;3-4,7H,2,5-6H2,1H3;2-7H,1H3,(H2,10,11);3-5H,2,6H2,1H3;2-5,10H,1H3,(H,9,11);2-8H2,1H3;3-4,6-7H,2,5H2,1H3;2-5H,1H3,(H,8,10);2-7H2,1H3. The van der Waals surface area contributed by atoms with E-state index in [2.05, 4.69) is 161 Å². The largest absolute Gasteiger partial charge is 0.507 e. The summed E-state index contributed by atoms with van der Waals surface area (Å²) < 4.78 is 26.6. The first-order chi connectivity index (χ1) is 67.9. The molecule has 24 nitrogen and oxygen atoms in total. The highest BCUT2D eigenvalue weighted by molar-refractivity contribution is 5.97. The molecule has 24 heteroatoms. The van der Waals surface area contributed by atoms with E-state index in [0.29, 0.717) is 37.1 Å². The van der Waals surface area contributed by atoms with Gasteiger partial charge in [0.25, 0.3) is 11.8 Å². The van der Waals surface area contributed by atoms with Gasteiger partial charge in [-0.05, 0) is 229 Å². The SMILES string of the molecule is CC(C(=O)Nc1ccccc1)c1ccccc1.CC(C(=O)O)c1c[nH]c2ccccc12.CC(C(N)=O)c1ccccc1.CC(C)CNC(=O)C(C)c1ccccc1.CCCN1CCCCC1.CCCN1CCOCC1.CCCc1c[nH]c2ccccc12.CCCc1ccccn1.CCc1ccc2c(c1)OCCO2.CCc1cccc2c1OCO2.CNC(=O)c1ccccc1O.CNC(=O)c1ccncc1. The van der Waals surface area contributed by atoms with Crippen molar-refractivity contribution in [1.82, 2.24) is 45.7 Å². The second kappa shape index (κ2) is 67.3. The summed E-state index contributed by atoms with van der Waals surface area (Å²) in [7, 11) is 3.12. The Morgan fingerprint density at radius 3 is 1.53 bits per heavy atom. The monoisotopic (exact) mass is 1910 g/mol. The Morgan fingerprint density at radius 2 is 0.986 bits per heavy atom. The topological polar surface area (TPSA) is 327 Å². The maximum atomic E-state index is 12.0. The molecule has 0 saturated carbocycles. The van der Waals surface area contributed by atoms with Crippen molar-refractivity contribution in [2.45, 2.75) is 177 Å². The van der Waals surface area contributed by atoms with Crippen molar-refractivity contribution in [1.29, 1.82) is 0 Å². The number of aromatic nitrogens is 4. The first-order valence-corrected chi connectivity index (χ1v) is 49.1. The highest BCUT2D eigenvalue weighted by Crippen LogP contribution is 2.36. The molecule has 4 atom stereocenters. The molecular weight excluding hydrogens is 1760 g/mol. The average Bonchev–Trinajstić information content (AvgIpc) is 1.57. The van der Waals surface area contributed by atoms with E-state index in [1.165, 1.54) is 124 Å². The van der Waals surface area contributed by atoms with Gasteiger partial charge in [-0.15, -0.1) is 0 Å². The summed E-state index contributed by atoms with van der Waals surface area (Å²) in [6.07, 6.45) is 22.5. The molecule has 9 aromatic carbocycles. The summed E-state index contributed by atoms with van der Waals surface area (Å²) in [5.74, 6) is 1.90. The third-order valence-electron chi connectivity index (χ3n) is 22.8. The van der Waals surface area contributed by atoms with Gasteiger partial charge in [0.15, 0.2) is 23.0 Å². The number of nitrogens with one attached hydrogen (secondary N) is 6. The van der Waals surface area contributed by atoms with Gasteiger partial charge in [0.05, 0.1) is 42.4 Å². The number of hydrogen-bond donors (Lipinski definition) is 9. The van der Waals surface area contributed by atoms with Gasteiger partial charge in [-0.25, -0.2) is 0 Å². The molecule has 0 spiro atoms. The van der Waals surface area contributed by atoms with E-state index in [0.717, 1.165) is 114 Å². The van der Waals surface area contributed by atoms with Crippen LogP contribution in [0.5, 0.6) is 28.7 Å². The number of aromatic amines is 2. The van der Waals surface area contributed by atoms with Crippen LogP contribution in [0.2, 0.25) is 0 Å². The Labute approximate surface area is 830 Å². The van der Waals surface area contributed by atoms with Crippen molar-refractivity contribution in [3.05, 3.63) is 348 Å². The predicted molar refractivity (Wildman–Crippen MR) is 568 cm³/mol. The number of amides is 5. The lowest BCUT2D eigenvalue weighted by Crippen LogP contribution is -2.36. The molecule has 4 aromatic heterocycles. The number of carbonyl (C=O) groups excluding carboxylic acids is 5. The van der Waals surface area contributed by atoms with E-state index in [9.17, 15) is 28.8 Å². The fourth-order valence-corrected chi connectivity index (χ4v) is 14.6. The Balaban J connectivity index is 0.000000235. The predicted octanol–water partition coefficient (Wildman–Crippen LogP) is 22.6. The summed E-state index contributed by atoms with van der Waals surface area (Å²) in [4.78, 5) is 86.4. The zero-order valence-electron chi connectivity index (χ0n) is 84.6. The van der Waals surface area contributed by atoms with Gasteiger partial charge in [-0.2, -0.15) is 0 Å². The van der Waals surface area contributed by atoms with Crippen molar-refractivity contribution >= 4 is 63.0 Å². The Kier molecular flexibility index (Phi) is 55.2. The maximum absolute atomic E-state index is 12.0. The number of ether oxygens (including phenoxy) is 5. The van der Waals surface area contributed by atoms with Crippen LogP contribution >= 0.6 is 0 Å². The molecule has 0 bridgehead atoms. The third kappa shape index (κ3) is 42.6. The van der Waals surface area contributed by atoms with Gasteiger partial charge < -0.3 is 75.8 Å². The van der Waals surface area contributed by atoms with Crippen LogP contribution in [0.3, 0.4) is 0 Å². The number of nitrogens with zero attached hydrogens (tertiary/aromatic N) is 4. The molecule has 17 rings (SSSR count). The summed E-state index contributed by atoms with van der Waals surface area (Å²) in [5.41, 5.74) is 18.2. The van der Waals surface area contributed by atoms with Gasteiger partial charge >= 0.3 is 5.97 Å². The van der Waals surface area contributed by atoms with Gasteiger partial charge in [0.1, 0.15) is 19.0 Å². The minimum atomic E-state index is -0.797. The van der Waals surface area contributed by atoms with Gasteiger partial charge in [-0.1, -0.05) is 257 Å². The number of phenolic OH excluding ortho intramolecular Hbond substituents is 1. The average molecular weight is 1910 g/mol. The molecular formula is C116H151N11O13. The number of nitrogens with two attached hydrogens (primary N) is 1. The minimum absolute atomic E-state index is 0.00634. The summed E-state index contributed by atoms with van der Waals surface area (Å²) in [6, 6.07) is 82.7. The molecule has 5 amide bonds. The number of aliphatic carboxylic acids is 1. The van der Waals surface area contributed by atoms with Crippen LogP contribution in [0.25, 0.3) is 21.8 Å². The van der Waals surface area contributed by atoms with Crippen LogP contribution in [0.15, 0.2) is 292 Å². The first-order valence-electron chi connectivity index (χ1n) is 49.1. The number of carbonyl (C=O) groups is 6. The maximum Gasteiger partial charge on any atom is 0.310 e. The number of phenols is 1. The van der Waals surface area contributed by atoms with Gasteiger partial charge in [0, 0.05) is 103 Å². The normalized spacial score (nSPS) is 13.1. The number of likely N-dealkylation sites (tertiary alicyclic amines) is 1. The second-order valence-corrected chi connectivity index (χ2v) is 33.9. The van der Waals surface area contributed by atoms with Crippen LogP contribution < -0.4 is 45.9 Å². The molecule has 2 fully saturated rings. The molecule has 0 aliphatic carbocycles. The molecule has 4 unspecified atom stereocenters. The number of benzene rings is 9. The van der Waals surface area contributed by atoms with E-state index in [4.69, 9.17) is 39.6 Å². The fraction of sp³-hybridized carbons (Fsp3) is 0.362. The molecule has 140 heavy (non-hydrogen) atoms. The minimum Gasteiger partial charge on any atom is -0.507 e. The van der Waals surface area contributed by atoms with Crippen LogP contribution in [-0.2, 0) is 49.6 Å². The van der Waals surface area contributed by atoms with Crippen molar-refractivity contribution < 1.29 is 62.7 Å². The molecule has 4 aliphatic rings. The third-order valence-corrected chi connectivity index (χ3v) is 22.8. The lowest BCUT2D eigenvalue weighted by atomic mass is 10.0. The second-order valence-electron chi connectivity index (χ2n) is 33.9. The van der Waals surface area contributed by atoms with E-state index in [1.54, 1.807) is 69.8 Å². The number of para-hydroxylation sites is 5. The number of fused-ring (bicyclic) bond motifs is 4. The summed E-state index contributed by atoms with van der Waals surface area (Å²) in [6.45, 7) is 36.5. The number of pyridine rings is 2. The number of piperidine rings is 1. The van der Waals surface area contributed by atoms with Crippen LogP contribution in [0.1, 0.15) is 217 Å². The smallest absolute Gasteiger partial charge is 0.310 e. The lowest BCUT2D eigenvalue weighted by molar-refractivity contribution is -0.138. The lowest BCUT2D eigenvalue weighted by Gasteiger charge is -2.25. The number of carboxylic acid groups (broad SMARTS) is 1. The fourth-order valence-electron chi connectivity index (χ4n) is 14.6. The van der Waals surface area contributed by atoms with Crippen LogP contribution in [0.4, 0.5) is 5.69 Å². The number of hydrogen-bond acceptors (Lipinski definition) is 16. The molecule has 8 heterocycles. The Hall–Kier alpha value is -13.9. The number of carboxylic acids is 1. The number of primary amides is 1. The first kappa shape index (κ1) is 115. The molecule has 4 aliphatic heterocycles. The molecule has 10 N–H and O–H groups in total. The van der Waals surface area contributed by atoms with Crippen molar-refractivity contribution in [2.75, 3.05) is 98.4 Å². The zero-order chi connectivity index (χ0) is 101. The summed E-state index contributed by atoms with van der Waals surface area (Å²) >= 11 is 0. The van der Waals surface area contributed by atoms with Gasteiger partial charge in [0.2, 0.25) is 24.5 Å². The molecule has 13 aromatic rings. The van der Waals surface area contributed by atoms with Crippen molar-refractivity contribution in [3.8, 4) is 28.7 Å². The van der Waals surface area contributed by atoms with Crippen molar-refractivity contribution in [3.63, 3.8) is 0 Å². The molecule has 0 radical (unpaired) electrons. The van der Waals surface area contributed by atoms with E-state index < -0.39 is 11.9 Å². The highest BCUT2D eigenvalue weighted by Gasteiger charge is 2.21. The van der Waals surface area contributed by atoms with Crippen LogP contribution in [0, 0.1) is 5.92 Å². The van der Waals surface area contributed by atoms with E-state index >= 15 is 0 Å². The number of anilines is 1. The van der Waals surface area contributed by atoms with Crippen molar-refractivity contribution in [2.24, 2.45) is 11.7 Å². The number of rotatable bonds is 23. The molecule has 2 saturated heterocycles. The van der Waals surface area contributed by atoms with E-state index in [-0.39, 0.29) is 53.0 Å². The quantitative estimate of drug-likeness (QED) is 0.0287. The van der Waals surface area contributed by atoms with E-state index in [1.807, 2.05) is 196 Å². The Morgan fingerprint density at radius 1 is 0.457 bits per heavy atom. The number of H-pyrrole nitrogens is 2.